The third-order valence-corrected chi connectivity index (χ3v) is 2.69. The number of rotatable bonds is 3. The molecule has 1 unspecified atom stereocenters. The smallest absolute Gasteiger partial charge is 0.257 e. The molecule has 0 bridgehead atoms. The minimum atomic E-state index is -0.344. The summed E-state index contributed by atoms with van der Waals surface area (Å²) >= 11 is 0. The number of hydrogen-bond acceptors (Lipinski definition) is 5. The maximum Gasteiger partial charge on any atom is 0.257 e. The number of nitrogens with zero attached hydrogens (tertiary/aromatic N) is 4. The van der Waals surface area contributed by atoms with Crippen molar-refractivity contribution < 1.29 is 9.90 Å². The zero-order valence-electron chi connectivity index (χ0n) is 9.79. The first kappa shape index (κ1) is 11.7. The first-order valence-electron chi connectivity index (χ1n) is 5.43. The lowest BCUT2D eigenvalue weighted by atomic mass is 10.0. The van der Waals surface area contributed by atoms with Crippen LogP contribution in [0.1, 0.15) is 19.0 Å². The average Bonchev–Trinajstić information content (AvgIpc) is 2.59. The standard InChI is InChI=1S/C11H14N4O2/c1-7-3-4-10(13-12-7)15-11(17)9(5-6-16)8(2)14-15/h3-4,9,16H,5-6H2,1-2H3. The van der Waals surface area contributed by atoms with Gasteiger partial charge in [0.05, 0.1) is 11.6 Å². The summed E-state index contributed by atoms with van der Waals surface area (Å²) in [6.45, 7) is 3.57. The number of aromatic nitrogens is 2. The lowest BCUT2D eigenvalue weighted by Crippen LogP contribution is -2.28. The van der Waals surface area contributed by atoms with Gasteiger partial charge in [-0.05, 0) is 32.4 Å². The molecule has 6 nitrogen and oxygen atoms in total. The molecule has 0 saturated carbocycles. The second kappa shape index (κ2) is 4.58. The van der Waals surface area contributed by atoms with Gasteiger partial charge >= 0.3 is 0 Å². The van der Waals surface area contributed by atoms with Crippen LogP contribution in [0, 0.1) is 12.8 Å². The van der Waals surface area contributed by atoms with Crippen LogP contribution in [0.2, 0.25) is 0 Å². The van der Waals surface area contributed by atoms with Crippen LogP contribution < -0.4 is 5.01 Å². The summed E-state index contributed by atoms with van der Waals surface area (Å²) in [4.78, 5) is 12.0. The van der Waals surface area contributed by atoms with E-state index < -0.39 is 0 Å². The highest BCUT2D eigenvalue weighted by Gasteiger charge is 2.34. The van der Waals surface area contributed by atoms with Crippen molar-refractivity contribution in [3.63, 3.8) is 0 Å². The molecule has 0 spiro atoms. The minimum Gasteiger partial charge on any atom is -0.396 e. The Morgan fingerprint density at radius 1 is 1.35 bits per heavy atom. The van der Waals surface area contributed by atoms with Gasteiger partial charge in [0.1, 0.15) is 0 Å². The molecule has 90 valence electrons. The largest absolute Gasteiger partial charge is 0.396 e. The Balaban J connectivity index is 2.24. The van der Waals surface area contributed by atoms with Gasteiger partial charge in [-0.2, -0.15) is 15.2 Å². The van der Waals surface area contributed by atoms with Gasteiger partial charge in [0, 0.05) is 12.3 Å². The monoisotopic (exact) mass is 234 g/mol. The summed E-state index contributed by atoms with van der Waals surface area (Å²) in [6.07, 6.45) is 0.393. The lowest BCUT2D eigenvalue weighted by Gasteiger charge is -2.11. The van der Waals surface area contributed by atoms with Crippen molar-refractivity contribution in [3.05, 3.63) is 17.8 Å². The van der Waals surface area contributed by atoms with Gasteiger partial charge in [0.2, 0.25) is 0 Å². The SMILES string of the molecule is CC1=NN(c2ccc(C)nn2)C(=O)C1CCO. The number of anilines is 1. The van der Waals surface area contributed by atoms with Gasteiger partial charge < -0.3 is 5.11 Å². The quantitative estimate of drug-likeness (QED) is 0.826. The number of carbonyl (C=O) groups is 1. The molecule has 0 aromatic carbocycles. The number of aliphatic hydroxyl groups is 1. The Morgan fingerprint density at radius 2 is 2.12 bits per heavy atom. The number of aryl methyl sites for hydroxylation is 1. The Bertz CT molecular complexity index is 455. The van der Waals surface area contributed by atoms with Crippen LogP contribution in [0.25, 0.3) is 0 Å². The summed E-state index contributed by atoms with van der Waals surface area (Å²) in [6, 6.07) is 3.48. The van der Waals surface area contributed by atoms with E-state index in [1.54, 1.807) is 19.1 Å². The minimum absolute atomic E-state index is 0.0311. The summed E-state index contributed by atoms with van der Waals surface area (Å²) < 4.78 is 0. The molecule has 2 rings (SSSR count). The molecule has 1 N–H and O–H groups in total. The second-order valence-corrected chi connectivity index (χ2v) is 3.99. The molecular weight excluding hydrogens is 220 g/mol. The summed E-state index contributed by atoms with van der Waals surface area (Å²) in [5.74, 6) is -0.0850. The molecule has 1 aliphatic rings. The molecule has 1 aliphatic heterocycles. The molecule has 0 aliphatic carbocycles. The van der Waals surface area contributed by atoms with Crippen molar-refractivity contribution in [3.8, 4) is 0 Å². The Morgan fingerprint density at radius 3 is 2.71 bits per heavy atom. The van der Waals surface area contributed by atoms with Crippen molar-refractivity contribution in [2.75, 3.05) is 11.6 Å². The van der Waals surface area contributed by atoms with Crippen LogP contribution in [-0.2, 0) is 4.79 Å². The number of aliphatic hydroxyl groups excluding tert-OH is 1. The van der Waals surface area contributed by atoms with Gasteiger partial charge in [-0.15, -0.1) is 5.10 Å². The van der Waals surface area contributed by atoms with Crippen LogP contribution in [0.3, 0.4) is 0 Å². The van der Waals surface area contributed by atoms with Gasteiger partial charge in [-0.1, -0.05) is 0 Å². The summed E-state index contributed by atoms with van der Waals surface area (Å²) in [5, 5.41) is 22.1. The molecule has 0 fully saturated rings. The van der Waals surface area contributed by atoms with Crippen molar-refractivity contribution in [1.82, 2.24) is 10.2 Å². The van der Waals surface area contributed by atoms with Crippen LogP contribution in [0.5, 0.6) is 0 Å². The zero-order valence-corrected chi connectivity index (χ0v) is 9.79. The predicted octanol–water partition coefficient (Wildman–Crippen LogP) is 0.506. The Kier molecular flexibility index (Phi) is 3.14. The molecule has 0 radical (unpaired) electrons. The van der Waals surface area contributed by atoms with Crippen molar-refractivity contribution in [2.45, 2.75) is 20.3 Å². The van der Waals surface area contributed by atoms with Crippen LogP contribution >= 0.6 is 0 Å². The first-order valence-corrected chi connectivity index (χ1v) is 5.43. The Hall–Kier alpha value is -1.82. The topological polar surface area (TPSA) is 78.7 Å². The lowest BCUT2D eigenvalue weighted by molar-refractivity contribution is -0.120. The highest BCUT2D eigenvalue weighted by atomic mass is 16.3. The number of hydrogen-bond donors (Lipinski definition) is 1. The highest BCUT2D eigenvalue weighted by Crippen LogP contribution is 2.23. The van der Waals surface area contributed by atoms with Gasteiger partial charge in [0.15, 0.2) is 5.82 Å². The maximum atomic E-state index is 12.0. The van der Waals surface area contributed by atoms with E-state index in [-0.39, 0.29) is 18.4 Å². The van der Waals surface area contributed by atoms with E-state index in [1.165, 1.54) is 5.01 Å². The Labute approximate surface area is 99.0 Å². The first-order chi connectivity index (χ1) is 8.13. The molecular formula is C11H14N4O2. The summed E-state index contributed by atoms with van der Waals surface area (Å²) in [7, 11) is 0. The van der Waals surface area contributed by atoms with E-state index in [0.717, 1.165) is 5.69 Å². The van der Waals surface area contributed by atoms with E-state index in [2.05, 4.69) is 15.3 Å². The molecule has 17 heavy (non-hydrogen) atoms. The third-order valence-electron chi connectivity index (χ3n) is 2.69. The zero-order chi connectivity index (χ0) is 12.4. The van der Waals surface area contributed by atoms with Gasteiger partial charge in [0.25, 0.3) is 5.91 Å². The molecule has 6 heteroatoms. The molecule has 1 atom stereocenters. The van der Waals surface area contributed by atoms with Crippen LogP contribution in [0.4, 0.5) is 5.82 Å². The average molecular weight is 234 g/mol. The van der Waals surface area contributed by atoms with Gasteiger partial charge in [-0.25, -0.2) is 0 Å². The number of hydrazone groups is 1. The van der Waals surface area contributed by atoms with Gasteiger partial charge in [-0.3, -0.25) is 4.79 Å². The molecule has 0 saturated heterocycles. The van der Waals surface area contributed by atoms with Crippen molar-refractivity contribution in [1.29, 1.82) is 0 Å². The second-order valence-electron chi connectivity index (χ2n) is 3.99. The fraction of sp³-hybridized carbons (Fsp3) is 0.455. The van der Waals surface area contributed by atoms with E-state index in [4.69, 9.17) is 5.11 Å². The molecule has 1 aromatic rings. The normalized spacial score (nSPS) is 19.7. The molecule has 1 amide bonds. The number of carbonyl (C=O) groups excluding carboxylic acids is 1. The highest BCUT2D eigenvalue weighted by molar-refractivity contribution is 6.14. The number of amides is 1. The van der Waals surface area contributed by atoms with E-state index in [1.807, 2.05) is 6.92 Å². The van der Waals surface area contributed by atoms with Crippen LogP contribution in [-0.4, -0.2) is 33.5 Å². The summed E-state index contributed by atoms with van der Waals surface area (Å²) in [5.41, 5.74) is 1.49. The van der Waals surface area contributed by atoms with Crippen molar-refractivity contribution in [2.24, 2.45) is 11.0 Å². The maximum absolute atomic E-state index is 12.0. The third kappa shape index (κ3) is 2.16. The van der Waals surface area contributed by atoms with E-state index in [9.17, 15) is 4.79 Å². The van der Waals surface area contributed by atoms with E-state index in [0.29, 0.717) is 18.0 Å². The molecule has 2 heterocycles. The predicted molar refractivity (Wildman–Crippen MR) is 62.6 cm³/mol. The van der Waals surface area contributed by atoms with E-state index >= 15 is 0 Å². The van der Waals surface area contributed by atoms with Crippen molar-refractivity contribution >= 4 is 17.4 Å². The fourth-order valence-corrected chi connectivity index (χ4v) is 1.73. The van der Waals surface area contributed by atoms with Crippen LogP contribution in [0.15, 0.2) is 17.2 Å². The fourth-order valence-electron chi connectivity index (χ4n) is 1.73. The molecule has 1 aromatic heterocycles.